The van der Waals surface area contributed by atoms with Crippen LogP contribution in [0.25, 0.3) is 0 Å². The van der Waals surface area contributed by atoms with Crippen molar-refractivity contribution < 1.29 is 31.5 Å². The van der Waals surface area contributed by atoms with Crippen LogP contribution < -0.4 is 0 Å². The molecule has 0 aliphatic heterocycles. The second-order valence-corrected chi connectivity index (χ2v) is 2.74. The number of carbonyl (C=O) groups is 1. The average Bonchev–Trinajstić information content (AvgIpc) is 2.00. The molecule has 0 saturated heterocycles. The van der Waals surface area contributed by atoms with Gasteiger partial charge in [-0.05, 0) is 6.42 Å². The molecule has 2 nitrogen and oxygen atoms in total. The van der Waals surface area contributed by atoms with E-state index in [0.29, 0.717) is 0 Å². The normalized spacial score (nSPS) is 15.1. The quantitative estimate of drug-likeness (QED) is 0.540. The third-order valence-corrected chi connectivity index (χ3v) is 1.57. The van der Waals surface area contributed by atoms with Crippen LogP contribution in [0.1, 0.15) is 20.3 Å². The number of esters is 1. The SMILES string of the molecule is CCC(C)C(=O)OC(F)(F)C(F)(F)F. The van der Waals surface area contributed by atoms with Crippen LogP contribution in [-0.4, -0.2) is 18.3 Å². The Morgan fingerprint density at radius 2 is 1.71 bits per heavy atom. The minimum absolute atomic E-state index is 0.132. The molecule has 1 unspecified atom stereocenters. The van der Waals surface area contributed by atoms with Gasteiger partial charge in [-0.15, -0.1) is 0 Å². The lowest BCUT2D eigenvalue weighted by Crippen LogP contribution is -2.41. The zero-order valence-electron chi connectivity index (χ0n) is 7.49. The molecule has 0 aliphatic rings. The van der Waals surface area contributed by atoms with Gasteiger partial charge in [0.1, 0.15) is 0 Å². The Balaban J connectivity index is 4.45. The van der Waals surface area contributed by atoms with Gasteiger partial charge in [-0.1, -0.05) is 13.8 Å². The molecule has 0 aliphatic carbocycles. The van der Waals surface area contributed by atoms with Crippen molar-refractivity contribution in [2.45, 2.75) is 32.6 Å². The molecule has 0 heterocycles. The molecule has 1 atom stereocenters. The Labute approximate surface area is 77.0 Å². The van der Waals surface area contributed by atoms with Gasteiger partial charge in [0.25, 0.3) is 0 Å². The topological polar surface area (TPSA) is 26.3 Å². The van der Waals surface area contributed by atoms with Crippen molar-refractivity contribution in [3.05, 3.63) is 0 Å². The van der Waals surface area contributed by atoms with Gasteiger partial charge < -0.3 is 4.74 Å². The standard InChI is InChI=1S/C7H9F5O2/c1-3-4(2)5(13)14-7(11,12)6(8,9)10/h4H,3H2,1-2H3. The molecule has 0 fully saturated rings. The third-order valence-electron chi connectivity index (χ3n) is 1.57. The van der Waals surface area contributed by atoms with Crippen molar-refractivity contribution in [1.29, 1.82) is 0 Å². The van der Waals surface area contributed by atoms with Gasteiger partial charge in [-0.3, -0.25) is 4.79 Å². The first-order chi connectivity index (χ1) is 6.12. The lowest BCUT2D eigenvalue weighted by Gasteiger charge is -2.20. The Kier molecular flexibility index (Phi) is 3.84. The Morgan fingerprint density at radius 3 is 2.00 bits per heavy atom. The highest BCUT2D eigenvalue weighted by atomic mass is 19.4. The summed E-state index contributed by atoms with van der Waals surface area (Å²) in [5, 5.41) is 0. The number of ether oxygens (including phenoxy) is 1. The van der Waals surface area contributed by atoms with Crippen molar-refractivity contribution in [1.82, 2.24) is 0 Å². The van der Waals surface area contributed by atoms with E-state index in [1.807, 2.05) is 0 Å². The van der Waals surface area contributed by atoms with Crippen molar-refractivity contribution in [3.63, 3.8) is 0 Å². The number of alkyl halides is 5. The number of hydrogen-bond acceptors (Lipinski definition) is 2. The van der Waals surface area contributed by atoms with E-state index in [2.05, 4.69) is 4.74 Å². The number of hydrogen-bond donors (Lipinski definition) is 0. The van der Waals surface area contributed by atoms with E-state index in [1.165, 1.54) is 13.8 Å². The van der Waals surface area contributed by atoms with Gasteiger partial charge in [-0.25, -0.2) is 0 Å². The Morgan fingerprint density at radius 1 is 1.29 bits per heavy atom. The molecule has 0 saturated carbocycles. The van der Waals surface area contributed by atoms with E-state index in [0.717, 1.165) is 0 Å². The molecule has 7 heteroatoms. The smallest absolute Gasteiger partial charge is 0.394 e. The molecule has 0 aromatic heterocycles. The summed E-state index contributed by atoms with van der Waals surface area (Å²) in [6.45, 7) is 2.67. The third kappa shape index (κ3) is 3.12. The summed E-state index contributed by atoms with van der Waals surface area (Å²) >= 11 is 0. The average molecular weight is 220 g/mol. The monoisotopic (exact) mass is 220 g/mol. The fourth-order valence-corrected chi connectivity index (χ4v) is 0.451. The molecule has 14 heavy (non-hydrogen) atoms. The van der Waals surface area contributed by atoms with Gasteiger partial charge in [0.15, 0.2) is 0 Å². The fraction of sp³-hybridized carbons (Fsp3) is 0.857. The largest absolute Gasteiger partial charge is 0.501 e. The van der Waals surface area contributed by atoms with Crippen LogP contribution in [-0.2, 0) is 9.53 Å². The Hall–Kier alpha value is -0.880. The number of halogens is 5. The summed E-state index contributed by atoms with van der Waals surface area (Å²) < 4.78 is 61.9. The molecule has 0 spiro atoms. The molecule has 0 rings (SSSR count). The molecule has 0 bridgehead atoms. The van der Waals surface area contributed by atoms with E-state index in [1.54, 1.807) is 0 Å². The highest BCUT2D eigenvalue weighted by molar-refractivity contribution is 5.72. The van der Waals surface area contributed by atoms with Crippen LogP contribution in [0.4, 0.5) is 22.0 Å². The van der Waals surface area contributed by atoms with E-state index >= 15 is 0 Å². The maximum atomic E-state index is 12.1. The van der Waals surface area contributed by atoms with Crippen LogP contribution in [0.3, 0.4) is 0 Å². The summed E-state index contributed by atoms with van der Waals surface area (Å²) in [7, 11) is 0. The van der Waals surface area contributed by atoms with Crippen molar-refractivity contribution in [3.8, 4) is 0 Å². The fourth-order valence-electron chi connectivity index (χ4n) is 0.451. The highest BCUT2D eigenvalue weighted by Gasteiger charge is 2.62. The van der Waals surface area contributed by atoms with Crippen LogP contribution in [0, 0.1) is 5.92 Å². The predicted molar refractivity (Wildman–Crippen MR) is 36.5 cm³/mol. The maximum Gasteiger partial charge on any atom is 0.501 e. The van der Waals surface area contributed by atoms with E-state index in [9.17, 15) is 26.7 Å². The summed E-state index contributed by atoms with van der Waals surface area (Å²) in [5.74, 6) is -2.54. The molecule has 0 N–H and O–H groups in total. The predicted octanol–water partition coefficient (Wildman–Crippen LogP) is 2.73. The van der Waals surface area contributed by atoms with E-state index in [-0.39, 0.29) is 6.42 Å². The van der Waals surface area contributed by atoms with Gasteiger partial charge in [0, 0.05) is 0 Å². The van der Waals surface area contributed by atoms with Gasteiger partial charge in [-0.2, -0.15) is 22.0 Å². The van der Waals surface area contributed by atoms with E-state index < -0.39 is 24.2 Å². The summed E-state index contributed by atoms with van der Waals surface area (Å²) in [6, 6.07) is 0. The molecule has 0 amide bonds. The lowest BCUT2D eigenvalue weighted by molar-refractivity contribution is -0.377. The van der Waals surface area contributed by atoms with Crippen LogP contribution in [0.5, 0.6) is 0 Å². The van der Waals surface area contributed by atoms with Crippen molar-refractivity contribution in [2.75, 3.05) is 0 Å². The summed E-state index contributed by atoms with van der Waals surface area (Å²) in [5.41, 5.74) is 0. The van der Waals surface area contributed by atoms with Crippen LogP contribution in [0.15, 0.2) is 0 Å². The number of rotatable bonds is 3. The Bertz CT molecular complexity index is 211. The second-order valence-electron chi connectivity index (χ2n) is 2.74. The summed E-state index contributed by atoms with van der Waals surface area (Å²) in [4.78, 5) is 10.6. The van der Waals surface area contributed by atoms with Crippen LogP contribution >= 0.6 is 0 Å². The highest BCUT2D eigenvalue weighted by Crippen LogP contribution is 2.36. The minimum Gasteiger partial charge on any atom is -0.394 e. The van der Waals surface area contributed by atoms with Crippen molar-refractivity contribution >= 4 is 5.97 Å². The second kappa shape index (κ2) is 4.10. The molecular formula is C7H9F5O2. The molecule has 0 aromatic carbocycles. The lowest BCUT2D eigenvalue weighted by atomic mass is 10.1. The van der Waals surface area contributed by atoms with Crippen molar-refractivity contribution in [2.24, 2.45) is 5.92 Å². The van der Waals surface area contributed by atoms with Crippen LogP contribution in [0.2, 0.25) is 0 Å². The minimum atomic E-state index is -5.86. The first-order valence-electron chi connectivity index (χ1n) is 3.79. The van der Waals surface area contributed by atoms with Gasteiger partial charge in [0.05, 0.1) is 5.92 Å². The summed E-state index contributed by atoms with van der Waals surface area (Å²) in [6.07, 6.45) is -11.1. The first kappa shape index (κ1) is 13.1. The van der Waals surface area contributed by atoms with Gasteiger partial charge >= 0.3 is 18.3 Å². The zero-order chi connectivity index (χ0) is 11.6. The van der Waals surface area contributed by atoms with Gasteiger partial charge in [0.2, 0.25) is 0 Å². The zero-order valence-corrected chi connectivity index (χ0v) is 7.49. The molecular weight excluding hydrogens is 211 g/mol. The van der Waals surface area contributed by atoms with E-state index in [4.69, 9.17) is 0 Å². The molecule has 0 radical (unpaired) electrons. The maximum absolute atomic E-state index is 12.1. The number of carbonyl (C=O) groups excluding carboxylic acids is 1. The molecule has 0 aromatic rings. The first-order valence-corrected chi connectivity index (χ1v) is 3.79. The molecule has 84 valence electrons.